The zero-order valence-corrected chi connectivity index (χ0v) is 8.04. The summed E-state index contributed by atoms with van der Waals surface area (Å²) in [5.41, 5.74) is 0. The highest BCUT2D eigenvalue weighted by Gasteiger charge is 1.88. The van der Waals surface area contributed by atoms with Crippen molar-refractivity contribution in [3.8, 4) is 0 Å². The standard InChI is InChI=1S/C8H18B.3FH/c1-3-5-7-9-8-6-4-2;;;/h3-8H2,1-2H3;3*1H. The van der Waals surface area contributed by atoms with Gasteiger partial charge in [-0.3, -0.25) is 14.1 Å². The maximum absolute atomic E-state index is 2.42. The number of halogens is 3. The Hall–Kier alpha value is -0.145. The summed E-state index contributed by atoms with van der Waals surface area (Å²) >= 11 is 0. The first-order valence-electron chi connectivity index (χ1n) is 4.23. The molecular formula is C8H21BF3. The Morgan fingerprint density at radius 2 is 1.08 bits per heavy atom. The molecule has 0 saturated heterocycles. The van der Waals surface area contributed by atoms with Gasteiger partial charge in [0, 0.05) is 0 Å². The monoisotopic (exact) mass is 185 g/mol. The minimum absolute atomic E-state index is 0. The van der Waals surface area contributed by atoms with Crippen molar-refractivity contribution in [2.45, 2.75) is 52.2 Å². The van der Waals surface area contributed by atoms with Gasteiger partial charge in [0.05, 0.1) is 0 Å². The molecule has 0 aromatic carbocycles. The summed E-state index contributed by atoms with van der Waals surface area (Å²) in [6.45, 7) is 4.49. The van der Waals surface area contributed by atoms with E-state index in [0.29, 0.717) is 0 Å². The minimum Gasteiger partial charge on any atom is -0.269 e. The number of hydrogen-bond acceptors (Lipinski definition) is 0. The molecule has 0 aliphatic heterocycles. The lowest BCUT2D eigenvalue weighted by Gasteiger charge is -1.94. The van der Waals surface area contributed by atoms with Gasteiger partial charge in [-0.15, -0.1) is 0 Å². The topological polar surface area (TPSA) is 0 Å². The molecule has 0 bridgehead atoms. The van der Waals surface area contributed by atoms with Crippen molar-refractivity contribution in [1.29, 1.82) is 0 Å². The van der Waals surface area contributed by atoms with Gasteiger partial charge in [0.15, 0.2) is 0 Å². The van der Waals surface area contributed by atoms with E-state index in [1.165, 1.54) is 38.3 Å². The summed E-state index contributed by atoms with van der Waals surface area (Å²) in [5, 5.41) is 0. The third-order valence-electron chi connectivity index (χ3n) is 1.52. The van der Waals surface area contributed by atoms with Gasteiger partial charge in [0.2, 0.25) is 0 Å². The van der Waals surface area contributed by atoms with Gasteiger partial charge in [-0.25, -0.2) is 0 Å². The third kappa shape index (κ3) is 22.5. The van der Waals surface area contributed by atoms with E-state index >= 15 is 0 Å². The molecule has 1 radical (unpaired) electrons. The highest BCUT2D eigenvalue weighted by molar-refractivity contribution is 6.35. The quantitative estimate of drug-likeness (QED) is 0.438. The Morgan fingerprint density at radius 1 is 0.750 bits per heavy atom. The zero-order chi connectivity index (χ0) is 6.95. The van der Waals surface area contributed by atoms with Gasteiger partial charge in [-0.05, 0) is 0 Å². The maximum atomic E-state index is 2.42. The van der Waals surface area contributed by atoms with Crippen molar-refractivity contribution in [2.24, 2.45) is 0 Å². The third-order valence-corrected chi connectivity index (χ3v) is 1.52. The van der Waals surface area contributed by atoms with Crippen LogP contribution in [0.5, 0.6) is 0 Å². The van der Waals surface area contributed by atoms with E-state index in [1.807, 2.05) is 0 Å². The normalized spacial score (nSPS) is 7.17. The van der Waals surface area contributed by atoms with Crippen LogP contribution in [0, 0.1) is 0 Å². The van der Waals surface area contributed by atoms with Crippen molar-refractivity contribution >= 4 is 7.28 Å². The summed E-state index contributed by atoms with van der Waals surface area (Å²) in [6, 6.07) is 0. The van der Waals surface area contributed by atoms with Gasteiger partial charge in [-0.1, -0.05) is 52.2 Å². The van der Waals surface area contributed by atoms with Crippen molar-refractivity contribution in [3.05, 3.63) is 0 Å². The summed E-state index contributed by atoms with van der Waals surface area (Å²) < 4.78 is 0. The van der Waals surface area contributed by atoms with Crippen LogP contribution in [0.1, 0.15) is 39.5 Å². The molecule has 0 aliphatic rings. The van der Waals surface area contributed by atoms with Gasteiger partial charge in [0.25, 0.3) is 0 Å². The fourth-order valence-corrected chi connectivity index (χ4v) is 0.841. The average molecular weight is 185 g/mol. The van der Waals surface area contributed by atoms with Crippen molar-refractivity contribution in [2.75, 3.05) is 0 Å². The average Bonchev–Trinajstić information content (AvgIpc) is 1.89. The predicted octanol–water partition coefficient (Wildman–Crippen LogP) is 3.58. The lowest BCUT2D eigenvalue weighted by atomic mass is 9.68. The molecule has 0 aromatic heterocycles. The molecule has 0 spiro atoms. The zero-order valence-electron chi connectivity index (χ0n) is 8.04. The smallest absolute Gasteiger partial charge is 0.109 e. The van der Waals surface area contributed by atoms with Crippen LogP contribution >= 0.6 is 0 Å². The molecular weight excluding hydrogens is 164 g/mol. The van der Waals surface area contributed by atoms with E-state index in [2.05, 4.69) is 21.1 Å². The highest BCUT2D eigenvalue weighted by Crippen LogP contribution is 1.99. The Labute approximate surface area is 74.5 Å². The first-order chi connectivity index (χ1) is 4.41. The lowest BCUT2D eigenvalue weighted by molar-refractivity contribution is 0.851. The van der Waals surface area contributed by atoms with Crippen molar-refractivity contribution in [3.63, 3.8) is 0 Å². The molecule has 12 heavy (non-hydrogen) atoms. The SMILES string of the molecule is CCCC[B]CCCC.F.F.F. The van der Waals surface area contributed by atoms with Gasteiger partial charge in [0.1, 0.15) is 7.28 Å². The van der Waals surface area contributed by atoms with Crippen LogP contribution in [0.15, 0.2) is 0 Å². The Bertz CT molecular complexity index is 47.6. The molecule has 0 unspecified atom stereocenters. The molecule has 0 N–H and O–H groups in total. The predicted molar refractivity (Wildman–Crippen MR) is 52.7 cm³/mol. The Balaban J connectivity index is -0.000000107. The van der Waals surface area contributed by atoms with Crippen LogP contribution in [0.2, 0.25) is 12.6 Å². The van der Waals surface area contributed by atoms with Gasteiger partial charge < -0.3 is 0 Å². The van der Waals surface area contributed by atoms with E-state index in [9.17, 15) is 0 Å². The summed E-state index contributed by atoms with van der Waals surface area (Å²) in [5.74, 6) is 0. The van der Waals surface area contributed by atoms with Crippen LogP contribution in [-0.4, -0.2) is 7.28 Å². The first kappa shape index (κ1) is 22.6. The fourth-order valence-electron chi connectivity index (χ4n) is 0.841. The van der Waals surface area contributed by atoms with Crippen LogP contribution < -0.4 is 0 Å². The lowest BCUT2D eigenvalue weighted by Crippen LogP contribution is -1.87. The second-order valence-corrected chi connectivity index (χ2v) is 2.57. The highest BCUT2D eigenvalue weighted by atomic mass is 19.0. The van der Waals surface area contributed by atoms with E-state index in [4.69, 9.17) is 0 Å². The Kier molecular flexibility index (Phi) is 42.3. The molecule has 0 aliphatic carbocycles. The molecule has 77 valence electrons. The van der Waals surface area contributed by atoms with Gasteiger partial charge in [-0.2, -0.15) is 0 Å². The number of hydrogen-bond donors (Lipinski definition) is 0. The number of unbranched alkanes of at least 4 members (excludes halogenated alkanes) is 2. The molecule has 0 amide bonds. The van der Waals surface area contributed by atoms with Gasteiger partial charge >= 0.3 is 0 Å². The molecule has 0 atom stereocenters. The molecule has 0 aromatic rings. The molecule has 0 rings (SSSR count). The first-order valence-corrected chi connectivity index (χ1v) is 4.23. The summed E-state index contributed by atoms with van der Waals surface area (Å²) in [4.78, 5) is 0. The second-order valence-electron chi connectivity index (χ2n) is 2.57. The van der Waals surface area contributed by atoms with Crippen LogP contribution in [0.3, 0.4) is 0 Å². The van der Waals surface area contributed by atoms with Crippen LogP contribution in [0.25, 0.3) is 0 Å². The number of rotatable bonds is 6. The fraction of sp³-hybridized carbons (Fsp3) is 1.00. The van der Waals surface area contributed by atoms with Crippen molar-refractivity contribution in [1.82, 2.24) is 0 Å². The van der Waals surface area contributed by atoms with E-state index < -0.39 is 0 Å². The van der Waals surface area contributed by atoms with Crippen LogP contribution in [0.4, 0.5) is 14.1 Å². The molecule has 0 saturated carbocycles. The second kappa shape index (κ2) is 22.4. The summed E-state index contributed by atoms with van der Waals surface area (Å²) in [6.07, 6.45) is 8.09. The Morgan fingerprint density at radius 3 is 1.33 bits per heavy atom. The van der Waals surface area contributed by atoms with E-state index in [0.717, 1.165) is 0 Å². The molecule has 0 nitrogen and oxygen atoms in total. The maximum Gasteiger partial charge on any atom is 0.109 e. The molecule has 0 heterocycles. The van der Waals surface area contributed by atoms with Crippen LogP contribution in [-0.2, 0) is 0 Å². The molecule has 0 fully saturated rings. The van der Waals surface area contributed by atoms with E-state index in [1.54, 1.807) is 0 Å². The van der Waals surface area contributed by atoms with Crippen molar-refractivity contribution < 1.29 is 14.1 Å². The van der Waals surface area contributed by atoms with E-state index in [-0.39, 0.29) is 14.1 Å². The summed E-state index contributed by atoms with van der Waals surface area (Å²) in [7, 11) is 2.42. The molecule has 4 heteroatoms. The largest absolute Gasteiger partial charge is 0.269 e. The minimum atomic E-state index is 0.